The van der Waals surface area contributed by atoms with E-state index in [2.05, 4.69) is 4.98 Å². The molecule has 5 nitrogen and oxygen atoms in total. The Morgan fingerprint density at radius 3 is 2.27 bits per heavy atom. The quantitative estimate of drug-likeness (QED) is 0.568. The molecule has 0 atom stereocenters. The molecule has 2 aromatic rings. The lowest BCUT2D eigenvalue weighted by Gasteiger charge is -2.20. The summed E-state index contributed by atoms with van der Waals surface area (Å²) in [5.74, 6) is -0.561. The van der Waals surface area contributed by atoms with E-state index < -0.39 is 17.3 Å². The summed E-state index contributed by atoms with van der Waals surface area (Å²) in [4.78, 5) is 30.8. The van der Waals surface area contributed by atoms with Crippen molar-refractivity contribution in [3.63, 3.8) is 0 Å². The number of rotatable bonds is 6. The Morgan fingerprint density at radius 1 is 1.13 bits per heavy atom. The lowest BCUT2D eigenvalue weighted by molar-refractivity contribution is -0.155. The van der Waals surface area contributed by atoms with Gasteiger partial charge in [-0.3, -0.25) is 9.59 Å². The first-order chi connectivity index (χ1) is 13.8. The number of aromatic nitrogens is 1. The Hall–Kier alpha value is -2.42. The molecule has 0 N–H and O–H groups in total. The van der Waals surface area contributed by atoms with Gasteiger partial charge in [0.15, 0.2) is 0 Å². The van der Waals surface area contributed by atoms with E-state index in [9.17, 15) is 22.8 Å². The minimum absolute atomic E-state index is 0.202. The highest BCUT2D eigenvalue weighted by molar-refractivity contribution is 7.17. The first kappa shape index (κ1) is 23.9. The van der Waals surface area contributed by atoms with Gasteiger partial charge in [-0.25, -0.2) is 4.98 Å². The van der Waals surface area contributed by atoms with Gasteiger partial charge in [-0.15, -0.1) is 11.3 Å². The molecule has 0 saturated carbocycles. The average molecular weight is 443 g/mol. The van der Waals surface area contributed by atoms with Crippen LogP contribution in [-0.4, -0.2) is 41.0 Å². The molecule has 0 saturated heterocycles. The van der Waals surface area contributed by atoms with Crippen LogP contribution in [0, 0.1) is 6.92 Å². The van der Waals surface area contributed by atoms with E-state index in [4.69, 9.17) is 4.74 Å². The second-order valence-electron chi connectivity index (χ2n) is 7.93. The highest BCUT2D eigenvalue weighted by Gasteiger charge is 2.30. The molecule has 0 radical (unpaired) electrons. The number of aryl methyl sites for hydroxylation is 1. The molecule has 0 fully saturated rings. The predicted octanol–water partition coefficient (Wildman–Crippen LogP) is 5.33. The van der Waals surface area contributed by atoms with Gasteiger partial charge in [-0.2, -0.15) is 13.2 Å². The maximum atomic E-state index is 12.7. The number of thiazole rings is 1. The average Bonchev–Trinajstić information content (AvgIpc) is 3.00. The van der Waals surface area contributed by atoms with Crippen molar-refractivity contribution in [3.8, 4) is 10.6 Å². The van der Waals surface area contributed by atoms with E-state index in [1.165, 1.54) is 17.0 Å². The molecule has 1 aromatic carbocycles. The topological polar surface area (TPSA) is 59.5 Å². The molecular weight excluding hydrogens is 417 g/mol. The Bertz CT molecular complexity index is 900. The number of hydrogen-bond donors (Lipinski definition) is 0. The summed E-state index contributed by atoms with van der Waals surface area (Å²) < 4.78 is 43.4. The summed E-state index contributed by atoms with van der Waals surface area (Å²) in [6, 6.07) is 4.69. The van der Waals surface area contributed by atoms with Crippen molar-refractivity contribution in [1.82, 2.24) is 9.88 Å². The summed E-state index contributed by atoms with van der Waals surface area (Å²) >= 11 is 1.13. The lowest BCUT2D eigenvalue weighted by Crippen LogP contribution is -2.29. The zero-order valence-corrected chi connectivity index (χ0v) is 18.4. The standard InChI is InChI=1S/C21H25F3N2O3S/c1-13-17(19(28)26(5)12-6-7-16(27)29-20(2,3)4)30-18(25-13)14-8-10-15(11-9-14)21(22,23)24/h8-11H,6-7,12H2,1-5H3. The van der Waals surface area contributed by atoms with Crippen molar-refractivity contribution in [2.24, 2.45) is 0 Å². The van der Waals surface area contributed by atoms with Gasteiger partial charge in [0.2, 0.25) is 0 Å². The van der Waals surface area contributed by atoms with E-state index in [-0.39, 0.29) is 18.3 Å². The molecule has 9 heteroatoms. The maximum absolute atomic E-state index is 12.7. The maximum Gasteiger partial charge on any atom is 0.416 e. The summed E-state index contributed by atoms with van der Waals surface area (Å²) in [5, 5.41) is 0.478. The van der Waals surface area contributed by atoms with Crippen LogP contribution in [0.25, 0.3) is 10.6 Å². The molecule has 1 amide bonds. The smallest absolute Gasteiger partial charge is 0.416 e. The zero-order valence-electron chi connectivity index (χ0n) is 17.6. The van der Waals surface area contributed by atoms with Gasteiger partial charge in [-0.05, 0) is 46.2 Å². The molecule has 0 aliphatic heterocycles. The first-order valence-electron chi connectivity index (χ1n) is 9.40. The van der Waals surface area contributed by atoms with Crippen molar-refractivity contribution in [2.45, 2.75) is 52.3 Å². The van der Waals surface area contributed by atoms with Gasteiger partial charge in [-0.1, -0.05) is 12.1 Å². The number of ether oxygens (including phenoxy) is 1. The molecule has 164 valence electrons. The van der Waals surface area contributed by atoms with Gasteiger partial charge in [0, 0.05) is 25.6 Å². The molecule has 30 heavy (non-hydrogen) atoms. The highest BCUT2D eigenvalue weighted by Crippen LogP contribution is 2.33. The van der Waals surface area contributed by atoms with Crippen molar-refractivity contribution in [1.29, 1.82) is 0 Å². The van der Waals surface area contributed by atoms with Gasteiger partial charge >= 0.3 is 12.1 Å². The van der Waals surface area contributed by atoms with Crippen molar-refractivity contribution in [2.75, 3.05) is 13.6 Å². The molecule has 0 spiro atoms. The van der Waals surface area contributed by atoms with Gasteiger partial charge in [0.25, 0.3) is 5.91 Å². The molecular formula is C21H25F3N2O3S. The lowest BCUT2D eigenvalue weighted by atomic mass is 10.1. The van der Waals surface area contributed by atoms with Crippen molar-refractivity contribution in [3.05, 3.63) is 40.4 Å². The van der Waals surface area contributed by atoms with E-state index in [1.807, 2.05) is 0 Å². The summed E-state index contributed by atoms with van der Waals surface area (Å²) in [6.45, 7) is 7.43. The SMILES string of the molecule is Cc1nc(-c2ccc(C(F)(F)F)cc2)sc1C(=O)N(C)CCCC(=O)OC(C)(C)C. The normalized spacial score (nSPS) is 12.0. The number of halogens is 3. The summed E-state index contributed by atoms with van der Waals surface area (Å²) in [7, 11) is 1.63. The molecule has 0 aliphatic carbocycles. The largest absolute Gasteiger partial charge is 0.460 e. The first-order valence-corrected chi connectivity index (χ1v) is 10.2. The Kier molecular flexibility index (Phi) is 7.28. The summed E-state index contributed by atoms with van der Waals surface area (Å²) in [5.41, 5.74) is -0.255. The number of amides is 1. The van der Waals surface area contributed by atoms with Crippen LogP contribution in [0.15, 0.2) is 24.3 Å². The minimum atomic E-state index is -4.40. The van der Waals surface area contributed by atoms with Crippen molar-refractivity contribution < 1.29 is 27.5 Å². The number of carbonyl (C=O) groups is 2. The van der Waals surface area contributed by atoms with Crippen LogP contribution >= 0.6 is 11.3 Å². The molecule has 0 unspecified atom stereocenters. The van der Waals surface area contributed by atoms with Crippen LogP contribution < -0.4 is 0 Å². The molecule has 2 rings (SSSR count). The second kappa shape index (κ2) is 9.16. The third-order valence-corrected chi connectivity index (χ3v) is 5.29. The van der Waals surface area contributed by atoms with Crippen LogP contribution in [-0.2, 0) is 15.7 Å². The number of benzene rings is 1. The van der Waals surface area contributed by atoms with Gasteiger partial charge < -0.3 is 9.64 Å². The van der Waals surface area contributed by atoms with Gasteiger partial charge in [0.1, 0.15) is 15.5 Å². The molecule has 0 aliphatic rings. The van der Waals surface area contributed by atoms with Crippen LogP contribution in [0.5, 0.6) is 0 Å². The van der Waals surface area contributed by atoms with Crippen LogP contribution in [0.4, 0.5) is 13.2 Å². The zero-order chi connectivity index (χ0) is 22.7. The Labute approximate surface area is 177 Å². The van der Waals surface area contributed by atoms with Crippen molar-refractivity contribution >= 4 is 23.2 Å². The highest BCUT2D eigenvalue weighted by atomic mass is 32.1. The van der Waals surface area contributed by atoms with Crippen LogP contribution in [0.1, 0.15) is 54.5 Å². The van der Waals surface area contributed by atoms with Gasteiger partial charge in [0.05, 0.1) is 11.3 Å². The van der Waals surface area contributed by atoms with E-state index in [1.54, 1.807) is 34.7 Å². The monoisotopic (exact) mass is 442 g/mol. The Balaban J connectivity index is 2.02. The number of carbonyl (C=O) groups excluding carboxylic acids is 2. The predicted molar refractivity (Wildman–Crippen MR) is 109 cm³/mol. The molecule has 1 aromatic heterocycles. The van der Waals surface area contributed by atoms with E-state index >= 15 is 0 Å². The number of esters is 1. The fourth-order valence-electron chi connectivity index (χ4n) is 2.65. The summed E-state index contributed by atoms with van der Waals surface area (Å²) in [6.07, 6.45) is -3.74. The van der Waals surface area contributed by atoms with E-state index in [0.717, 1.165) is 23.5 Å². The van der Waals surface area contributed by atoms with Crippen LogP contribution in [0.2, 0.25) is 0 Å². The van der Waals surface area contributed by atoms with E-state index in [0.29, 0.717) is 34.1 Å². The fraction of sp³-hybridized carbons (Fsp3) is 0.476. The van der Waals surface area contributed by atoms with Crippen LogP contribution in [0.3, 0.4) is 0 Å². The fourth-order valence-corrected chi connectivity index (χ4v) is 3.71. The molecule has 0 bridgehead atoms. The minimum Gasteiger partial charge on any atom is -0.460 e. The number of hydrogen-bond acceptors (Lipinski definition) is 5. The Morgan fingerprint density at radius 2 is 1.73 bits per heavy atom. The third-order valence-electron chi connectivity index (χ3n) is 4.09. The number of alkyl halides is 3. The second-order valence-corrected chi connectivity index (χ2v) is 8.92. The third kappa shape index (κ3) is 6.55. The number of nitrogens with zero attached hydrogens (tertiary/aromatic N) is 2. The molecule has 1 heterocycles.